The second-order valence-electron chi connectivity index (χ2n) is 8.64. The number of hydrogen-bond donors (Lipinski definition) is 1. The molecule has 0 aliphatic carbocycles. The lowest BCUT2D eigenvalue weighted by atomic mass is 9.97. The Balaban J connectivity index is 0.000000243. The van der Waals surface area contributed by atoms with Crippen LogP contribution in [0, 0.1) is 11.3 Å². The second kappa shape index (κ2) is 10.6. The molecule has 3 heterocycles. The molecule has 32 heavy (non-hydrogen) atoms. The van der Waals surface area contributed by atoms with Crippen LogP contribution in [0.2, 0.25) is 0 Å². The Morgan fingerprint density at radius 1 is 1.31 bits per heavy atom. The predicted molar refractivity (Wildman–Crippen MR) is 124 cm³/mol. The SMILES string of the molecule is CCC(=O)N1Cc2nc(NC3CCOCC3)ncc2C1(C)C.CCc1cccc(C#N)c1. The first-order valence-electron chi connectivity index (χ1n) is 11.4. The van der Waals surface area contributed by atoms with Gasteiger partial charge in [0.05, 0.1) is 29.4 Å². The fourth-order valence-corrected chi connectivity index (χ4v) is 4.09. The van der Waals surface area contributed by atoms with E-state index in [2.05, 4.69) is 42.1 Å². The first-order chi connectivity index (χ1) is 15.4. The fourth-order valence-electron chi connectivity index (χ4n) is 4.09. The van der Waals surface area contributed by atoms with Gasteiger partial charge < -0.3 is 15.0 Å². The molecule has 1 fully saturated rings. The molecule has 2 aliphatic heterocycles. The molecule has 2 aromatic rings. The van der Waals surface area contributed by atoms with E-state index >= 15 is 0 Å². The van der Waals surface area contributed by atoms with Crippen LogP contribution < -0.4 is 5.32 Å². The number of ether oxygens (including phenoxy) is 1. The lowest BCUT2D eigenvalue weighted by Gasteiger charge is -2.31. The van der Waals surface area contributed by atoms with E-state index < -0.39 is 0 Å². The van der Waals surface area contributed by atoms with Crippen LogP contribution in [0.15, 0.2) is 30.5 Å². The average Bonchev–Trinajstić information content (AvgIpc) is 3.09. The van der Waals surface area contributed by atoms with Gasteiger partial charge in [0.15, 0.2) is 0 Å². The van der Waals surface area contributed by atoms with Crippen molar-refractivity contribution in [1.29, 1.82) is 5.26 Å². The topological polar surface area (TPSA) is 91.1 Å². The first-order valence-corrected chi connectivity index (χ1v) is 11.4. The molecule has 1 N–H and O–H groups in total. The van der Waals surface area contributed by atoms with Crippen molar-refractivity contribution in [2.75, 3.05) is 18.5 Å². The number of nitrogens with zero attached hydrogens (tertiary/aromatic N) is 4. The predicted octanol–water partition coefficient (Wildman–Crippen LogP) is 4.18. The van der Waals surface area contributed by atoms with Crippen LogP contribution in [-0.2, 0) is 28.0 Å². The van der Waals surface area contributed by atoms with Crippen molar-refractivity contribution in [1.82, 2.24) is 14.9 Å². The number of aryl methyl sites for hydroxylation is 1. The van der Waals surface area contributed by atoms with Gasteiger partial charge in [0, 0.05) is 37.4 Å². The number of carbonyl (C=O) groups excluding carboxylic acids is 1. The molecule has 0 bridgehead atoms. The second-order valence-corrected chi connectivity index (χ2v) is 8.64. The molecule has 4 rings (SSSR count). The number of aromatic nitrogens is 2. The van der Waals surface area contributed by atoms with Crippen LogP contribution in [0.5, 0.6) is 0 Å². The Hall–Kier alpha value is -2.98. The summed E-state index contributed by atoms with van der Waals surface area (Å²) < 4.78 is 5.37. The number of anilines is 1. The summed E-state index contributed by atoms with van der Waals surface area (Å²) in [6, 6.07) is 10.1. The first kappa shape index (κ1) is 23.7. The zero-order valence-electron chi connectivity index (χ0n) is 19.5. The molecule has 0 unspecified atom stereocenters. The third-order valence-corrected chi connectivity index (χ3v) is 6.13. The molecule has 2 aliphatic rings. The summed E-state index contributed by atoms with van der Waals surface area (Å²) in [6.07, 6.45) is 5.33. The van der Waals surface area contributed by atoms with Crippen molar-refractivity contribution < 1.29 is 9.53 Å². The monoisotopic (exact) mass is 435 g/mol. The summed E-state index contributed by atoms with van der Waals surface area (Å²) in [7, 11) is 0. The Kier molecular flexibility index (Phi) is 7.81. The number of amides is 1. The summed E-state index contributed by atoms with van der Waals surface area (Å²) in [5.74, 6) is 0.814. The molecule has 1 amide bonds. The van der Waals surface area contributed by atoms with Crippen LogP contribution in [-0.4, -0.2) is 40.0 Å². The number of fused-ring (bicyclic) bond motifs is 1. The quantitative estimate of drug-likeness (QED) is 0.775. The maximum atomic E-state index is 12.1. The molecule has 0 spiro atoms. The fraction of sp³-hybridized carbons (Fsp3) is 0.520. The molecule has 7 nitrogen and oxygen atoms in total. The van der Waals surface area contributed by atoms with Gasteiger partial charge in [-0.1, -0.05) is 26.0 Å². The number of nitriles is 1. The third kappa shape index (κ3) is 5.43. The van der Waals surface area contributed by atoms with E-state index in [9.17, 15) is 4.79 Å². The van der Waals surface area contributed by atoms with E-state index in [1.165, 1.54) is 5.56 Å². The number of carbonyl (C=O) groups is 1. The summed E-state index contributed by atoms with van der Waals surface area (Å²) in [5.41, 5.74) is 3.64. The van der Waals surface area contributed by atoms with Crippen molar-refractivity contribution in [3.63, 3.8) is 0 Å². The highest BCUT2D eigenvalue weighted by Crippen LogP contribution is 2.38. The molecule has 0 saturated carbocycles. The summed E-state index contributed by atoms with van der Waals surface area (Å²) >= 11 is 0. The molecular weight excluding hydrogens is 402 g/mol. The normalized spacial score (nSPS) is 17.0. The largest absolute Gasteiger partial charge is 0.381 e. The summed E-state index contributed by atoms with van der Waals surface area (Å²) in [5, 5.41) is 11.9. The minimum Gasteiger partial charge on any atom is -0.381 e. The number of rotatable bonds is 4. The van der Waals surface area contributed by atoms with Gasteiger partial charge in [-0.3, -0.25) is 4.79 Å². The molecule has 1 saturated heterocycles. The van der Waals surface area contributed by atoms with Gasteiger partial charge in [0.1, 0.15) is 0 Å². The van der Waals surface area contributed by atoms with Gasteiger partial charge in [-0.05, 0) is 50.8 Å². The van der Waals surface area contributed by atoms with Crippen molar-refractivity contribution in [2.24, 2.45) is 0 Å². The highest BCUT2D eigenvalue weighted by molar-refractivity contribution is 5.77. The van der Waals surface area contributed by atoms with E-state index in [4.69, 9.17) is 10.00 Å². The molecule has 7 heteroatoms. The van der Waals surface area contributed by atoms with Crippen LogP contribution in [0.1, 0.15) is 69.3 Å². The van der Waals surface area contributed by atoms with E-state index in [1.807, 2.05) is 42.3 Å². The maximum absolute atomic E-state index is 12.1. The standard InChI is InChI=1S/C16H24N4O2.C9H9N/c1-4-14(21)20-10-13-12(16(20,2)3)9-17-15(19-13)18-11-5-7-22-8-6-11;1-2-8-4-3-5-9(6-8)7-10/h9,11H,4-8,10H2,1-3H3,(H,17,18,19);3-6H,2H2,1H3. The molecule has 170 valence electrons. The number of nitrogens with one attached hydrogen (secondary N) is 1. The molecule has 1 aromatic carbocycles. The van der Waals surface area contributed by atoms with Crippen LogP contribution >= 0.6 is 0 Å². The van der Waals surface area contributed by atoms with Crippen molar-refractivity contribution in [2.45, 2.75) is 71.5 Å². The Morgan fingerprint density at radius 2 is 2.06 bits per heavy atom. The summed E-state index contributed by atoms with van der Waals surface area (Å²) in [4.78, 5) is 23.2. The maximum Gasteiger partial charge on any atom is 0.223 e. The minimum absolute atomic E-state index is 0.155. The van der Waals surface area contributed by atoms with Crippen molar-refractivity contribution >= 4 is 11.9 Å². The van der Waals surface area contributed by atoms with Crippen molar-refractivity contribution in [3.8, 4) is 6.07 Å². The van der Waals surface area contributed by atoms with E-state index in [0.29, 0.717) is 25.0 Å². The van der Waals surface area contributed by atoms with Gasteiger partial charge in [-0.25, -0.2) is 9.97 Å². The third-order valence-electron chi connectivity index (χ3n) is 6.13. The van der Waals surface area contributed by atoms with Gasteiger partial charge in [0.2, 0.25) is 11.9 Å². The molecule has 0 radical (unpaired) electrons. The van der Waals surface area contributed by atoms with Crippen LogP contribution in [0.25, 0.3) is 0 Å². The van der Waals surface area contributed by atoms with E-state index in [-0.39, 0.29) is 11.4 Å². The van der Waals surface area contributed by atoms with E-state index in [1.54, 1.807) is 0 Å². The average molecular weight is 436 g/mol. The number of benzene rings is 1. The highest BCUT2D eigenvalue weighted by Gasteiger charge is 2.41. The molecular formula is C25H33N5O2. The summed E-state index contributed by atoms with van der Waals surface area (Å²) in [6.45, 7) is 10.2. The van der Waals surface area contributed by atoms with Crippen LogP contribution in [0.4, 0.5) is 5.95 Å². The Labute approximate surface area is 190 Å². The Bertz CT molecular complexity index is 977. The highest BCUT2D eigenvalue weighted by atomic mass is 16.5. The smallest absolute Gasteiger partial charge is 0.223 e. The zero-order valence-corrected chi connectivity index (χ0v) is 19.5. The zero-order chi connectivity index (χ0) is 23.1. The minimum atomic E-state index is -0.334. The van der Waals surface area contributed by atoms with E-state index in [0.717, 1.165) is 49.3 Å². The van der Waals surface area contributed by atoms with Crippen molar-refractivity contribution in [3.05, 3.63) is 52.8 Å². The lowest BCUT2D eigenvalue weighted by molar-refractivity contribution is -0.136. The lowest BCUT2D eigenvalue weighted by Crippen LogP contribution is -2.39. The van der Waals surface area contributed by atoms with Gasteiger partial charge in [-0.15, -0.1) is 0 Å². The van der Waals surface area contributed by atoms with Gasteiger partial charge in [-0.2, -0.15) is 5.26 Å². The number of hydrogen-bond acceptors (Lipinski definition) is 6. The van der Waals surface area contributed by atoms with Crippen LogP contribution in [0.3, 0.4) is 0 Å². The van der Waals surface area contributed by atoms with Gasteiger partial charge >= 0.3 is 0 Å². The molecule has 1 aromatic heterocycles. The Morgan fingerprint density at radius 3 is 2.72 bits per heavy atom. The molecule has 0 atom stereocenters. The van der Waals surface area contributed by atoms with Gasteiger partial charge in [0.25, 0.3) is 0 Å².